The summed E-state index contributed by atoms with van der Waals surface area (Å²) in [6.07, 6.45) is 0. The van der Waals surface area contributed by atoms with Gasteiger partial charge in [-0.25, -0.2) is 9.78 Å². The number of ether oxygens (including phenoxy) is 1. The van der Waals surface area contributed by atoms with Crippen LogP contribution in [0.2, 0.25) is 0 Å². The van der Waals surface area contributed by atoms with Crippen molar-refractivity contribution in [3.05, 3.63) is 70.2 Å². The van der Waals surface area contributed by atoms with Crippen molar-refractivity contribution in [1.29, 1.82) is 0 Å². The van der Waals surface area contributed by atoms with Crippen LogP contribution < -0.4 is 10.6 Å². The van der Waals surface area contributed by atoms with Crippen LogP contribution in [0.5, 0.6) is 0 Å². The van der Waals surface area contributed by atoms with Crippen LogP contribution in [0.15, 0.2) is 47.8 Å². The third kappa shape index (κ3) is 6.66. The van der Waals surface area contributed by atoms with Gasteiger partial charge in [0.15, 0.2) is 10.8 Å². The Morgan fingerprint density at radius 1 is 1.09 bits per heavy atom. The van der Waals surface area contributed by atoms with Gasteiger partial charge in [-0.3, -0.25) is 9.69 Å². The standard InChI is InChI=1S/C26H31N5O3S/c1-4-34-25(33)23-17-35-26(29-23)28-22-15-21(10-5-18(22)2)27-24(32)20-8-6-19(7-9-20)16-31-13-11-30(3)12-14-31/h5-10,15,17H,4,11-14,16H2,1-3H3,(H,27,32)(H,28,29). The van der Waals surface area contributed by atoms with Crippen LogP contribution in [0.4, 0.5) is 16.5 Å². The van der Waals surface area contributed by atoms with Crippen molar-refractivity contribution in [2.45, 2.75) is 20.4 Å². The fourth-order valence-electron chi connectivity index (χ4n) is 3.81. The number of nitrogens with zero attached hydrogens (tertiary/aromatic N) is 3. The van der Waals surface area contributed by atoms with Crippen LogP contribution in [0.25, 0.3) is 0 Å². The van der Waals surface area contributed by atoms with Crippen molar-refractivity contribution in [1.82, 2.24) is 14.8 Å². The number of benzene rings is 2. The molecule has 4 rings (SSSR count). The minimum atomic E-state index is -0.441. The van der Waals surface area contributed by atoms with Gasteiger partial charge < -0.3 is 20.3 Å². The van der Waals surface area contributed by atoms with Crippen LogP contribution in [-0.4, -0.2) is 66.5 Å². The Bertz CT molecular complexity index is 1170. The number of amides is 1. The molecule has 0 unspecified atom stereocenters. The minimum absolute atomic E-state index is 0.162. The highest BCUT2D eigenvalue weighted by atomic mass is 32.1. The van der Waals surface area contributed by atoms with Gasteiger partial charge in [0, 0.05) is 55.0 Å². The second kappa shape index (κ2) is 11.4. The molecule has 8 nitrogen and oxygen atoms in total. The maximum atomic E-state index is 12.8. The normalized spacial score (nSPS) is 14.5. The molecule has 1 aliphatic heterocycles. The topological polar surface area (TPSA) is 86.8 Å². The number of nitrogens with one attached hydrogen (secondary N) is 2. The summed E-state index contributed by atoms with van der Waals surface area (Å²) in [7, 11) is 2.15. The molecule has 0 radical (unpaired) electrons. The third-order valence-corrected chi connectivity index (χ3v) is 6.70. The largest absolute Gasteiger partial charge is 0.461 e. The fourth-order valence-corrected chi connectivity index (χ4v) is 4.50. The van der Waals surface area contributed by atoms with Gasteiger partial charge in [0.1, 0.15) is 0 Å². The van der Waals surface area contributed by atoms with Gasteiger partial charge in [-0.1, -0.05) is 18.2 Å². The van der Waals surface area contributed by atoms with Crippen LogP contribution in [0.3, 0.4) is 0 Å². The van der Waals surface area contributed by atoms with E-state index in [4.69, 9.17) is 4.74 Å². The van der Waals surface area contributed by atoms with Crippen molar-refractivity contribution < 1.29 is 14.3 Å². The molecular formula is C26H31N5O3S. The first-order valence-electron chi connectivity index (χ1n) is 11.7. The molecule has 1 aromatic heterocycles. The van der Waals surface area contributed by atoms with Gasteiger partial charge in [0.2, 0.25) is 0 Å². The molecule has 1 saturated heterocycles. The summed E-state index contributed by atoms with van der Waals surface area (Å²) in [5, 5.41) is 8.44. The van der Waals surface area contributed by atoms with E-state index in [1.807, 2.05) is 49.4 Å². The number of rotatable bonds is 8. The Kier molecular flexibility index (Phi) is 8.12. The molecule has 1 fully saturated rings. The molecule has 1 aliphatic rings. The zero-order valence-corrected chi connectivity index (χ0v) is 21.2. The minimum Gasteiger partial charge on any atom is -0.461 e. The maximum Gasteiger partial charge on any atom is 0.357 e. The van der Waals surface area contributed by atoms with Crippen LogP contribution >= 0.6 is 11.3 Å². The summed E-state index contributed by atoms with van der Waals surface area (Å²) in [5.41, 5.74) is 4.56. The van der Waals surface area contributed by atoms with E-state index in [0.29, 0.717) is 23.0 Å². The molecule has 184 valence electrons. The Morgan fingerprint density at radius 2 is 1.83 bits per heavy atom. The van der Waals surface area contributed by atoms with E-state index in [1.165, 1.54) is 16.9 Å². The number of hydrogen-bond donors (Lipinski definition) is 2. The quantitative estimate of drug-likeness (QED) is 0.451. The van der Waals surface area contributed by atoms with Crippen molar-refractivity contribution in [2.24, 2.45) is 0 Å². The van der Waals surface area contributed by atoms with E-state index in [0.717, 1.165) is 44.0 Å². The highest BCUT2D eigenvalue weighted by Crippen LogP contribution is 2.27. The van der Waals surface area contributed by atoms with E-state index in [2.05, 4.69) is 32.5 Å². The number of likely N-dealkylation sites (N-methyl/N-ethyl adjacent to an activating group) is 1. The lowest BCUT2D eigenvalue weighted by Crippen LogP contribution is -2.43. The molecule has 1 amide bonds. The van der Waals surface area contributed by atoms with Crippen molar-refractivity contribution in [3.63, 3.8) is 0 Å². The molecule has 0 spiro atoms. The maximum absolute atomic E-state index is 12.8. The molecule has 35 heavy (non-hydrogen) atoms. The molecule has 0 atom stereocenters. The van der Waals surface area contributed by atoms with E-state index in [-0.39, 0.29) is 11.6 Å². The fraction of sp³-hybridized carbons (Fsp3) is 0.346. The molecule has 0 bridgehead atoms. The second-order valence-corrected chi connectivity index (χ2v) is 9.50. The smallest absolute Gasteiger partial charge is 0.357 e. The molecular weight excluding hydrogens is 462 g/mol. The number of esters is 1. The Hall–Kier alpha value is -3.27. The zero-order valence-electron chi connectivity index (χ0n) is 20.3. The van der Waals surface area contributed by atoms with Gasteiger partial charge in [0.25, 0.3) is 5.91 Å². The van der Waals surface area contributed by atoms with Gasteiger partial charge in [-0.15, -0.1) is 11.3 Å². The average molecular weight is 494 g/mol. The zero-order chi connectivity index (χ0) is 24.8. The molecule has 0 saturated carbocycles. The van der Waals surface area contributed by atoms with E-state index in [1.54, 1.807) is 12.3 Å². The number of aromatic nitrogens is 1. The lowest BCUT2D eigenvalue weighted by atomic mass is 10.1. The van der Waals surface area contributed by atoms with Gasteiger partial charge >= 0.3 is 5.97 Å². The lowest BCUT2D eigenvalue weighted by molar-refractivity contribution is 0.0520. The van der Waals surface area contributed by atoms with Gasteiger partial charge in [0.05, 0.1) is 6.61 Å². The molecule has 2 N–H and O–H groups in total. The summed E-state index contributed by atoms with van der Waals surface area (Å²) in [6.45, 7) is 9.23. The lowest BCUT2D eigenvalue weighted by Gasteiger charge is -2.32. The SMILES string of the molecule is CCOC(=O)c1csc(Nc2cc(NC(=O)c3ccc(CN4CCN(C)CC4)cc3)ccc2C)n1. The first-order chi connectivity index (χ1) is 16.9. The van der Waals surface area contributed by atoms with Crippen LogP contribution in [0.1, 0.15) is 38.9 Å². The number of aryl methyl sites for hydroxylation is 1. The number of carbonyl (C=O) groups is 2. The number of hydrogen-bond acceptors (Lipinski definition) is 8. The summed E-state index contributed by atoms with van der Waals surface area (Å²) in [6, 6.07) is 13.5. The number of thiazole rings is 1. The highest BCUT2D eigenvalue weighted by Gasteiger charge is 2.15. The highest BCUT2D eigenvalue weighted by molar-refractivity contribution is 7.14. The second-order valence-electron chi connectivity index (χ2n) is 8.64. The van der Waals surface area contributed by atoms with Gasteiger partial charge in [-0.05, 0) is 56.3 Å². The molecule has 9 heteroatoms. The van der Waals surface area contributed by atoms with Crippen LogP contribution in [0, 0.1) is 6.92 Å². The summed E-state index contributed by atoms with van der Waals surface area (Å²) in [4.78, 5) is 33.8. The first kappa shape index (κ1) is 24.8. The molecule has 3 aromatic rings. The van der Waals surface area contributed by atoms with E-state index in [9.17, 15) is 9.59 Å². The predicted octanol–water partition coefficient (Wildman–Crippen LogP) is 4.37. The van der Waals surface area contributed by atoms with Crippen molar-refractivity contribution >= 4 is 39.7 Å². The van der Waals surface area contributed by atoms with Crippen molar-refractivity contribution in [2.75, 3.05) is 50.5 Å². The Balaban J connectivity index is 1.37. The van der Waals surface area contributed by atoms with Crippen molar-refractivity contribution in [3.8, 4) is 0 Å². The average Bonchev–Trinajstić information content (AvgIpc) is 3.32. The number of piperazine rings is 1. The molecule has 2 aromatic carbocycles. The monoisotopic (exact) mass is 493 g/mol. The number of carbonyl (C=O) groups excluding carboxylic acids is 2. The summed E-state index contributed by atoms with van der Waals surface area (Å²) in [5.74, 6) is -0.603. The Labute approximate surface area is 209 Å². The van der Waals surface area contributed by atoms with Crippen LogP contribution in [-0.2, 0) is 11.3 Å². The predicted molar refractivity (Wildman–Crippen MR) is 140 cm³/mol. The Morgan fingerprint density at radius 3 is 2.54 bits per heavy atom. The summed E-state index contributed by atoms with van der Waals surface area (Å²) < 4.78 is 5.00. The first-order valence-corrected chi connectivity index (χ1v) is 12.6. The number of anilines is 3. The molecule has 0 aliphatic carbocycles. The van der Waals surface area contributed by atoms with Gasteiger partial charge in [-0.2, -0.15) is 0 Å². The van der Waals surface area contributed by atoms with E-state index >= 15 is 0 Å². The van der Waals surface area contributed by atoms with E-state index < -0.39 is 5.97 Å². The summed E-state index contributed by atoms with van der Waals surface area (Å²) >= 11 is 1.32. The third-order valence-electron chi connectivity index (χ3n) is 5.94. The molecule has 2 heterocycles.